The molecule has 0 radical (unpaired) electrons. The van der Waals surface area contributed by atoms with E-state index in [9.17, 15) is 9.90 Å². The Balaban J connectivity index is 2.63. The minimum absolute atomic E-state index is 0.0482. The van der Waals surface area contributed by atoms with Crippen LogP contribution in [-0.2, 0) is 0 Å². The van der Waals surface area contributed by atoms with Gasteiger partial charge in [0.15, 0.2) is 10.8 Å². The van der Waals surface area contributed by atoms with E-state index in [0.717, 1.165) is 12.8 Å². The van der Waals surface area contributed by atoms with Gasteiger partial charge in [-0.1, -0.05) is 25.4 Å². The highest BCUT2D eigenvalue weighted by molar-refractivity contribution is 6.29. The zero-order valence-electron chi connectivity index (χ0n) is 10.6. The van der Waals surface area contributed by atoms with Crippen LogP contribution >= 0.6 is 11.6 Å². The summed E-state index contributed by atoms with van der Waals surface area (Å²) in [6, 6.07) is 3.03. The number of nitrogens with one attached hydrogen (secondary N) is 1. The van der Waals surface area contributed by atoms with Crippen molar-refractivity contribution in [2.24, 2.45) is 5.41 Å². The molecule has 1 aromatic rings. The molecule has 100 valence electrons. The van der Waals surface area contributed by atoms with E-state index in [1.54, 1.807) is 0 Å². The molecule has 1 amide bonds. The first-order valence-corrected chi connectivity index (χ1v) is 6.33. The Bertz CT molecular complexity index is 383. The number of hydrogen-bond donors (Lipinski definition) is 2. The summed E-state index contributed by atoms with van der Waals surface area (Å²) in [4.78, 5) is 11.8. The Morgan fingerprint density at radius 1 is 1.39 bits per heavy atom. The van der Waals surface area contributed by atoms with E-state index in [-0.39, 0.29) is 28.8 Å². The fraction of sp³-hybridized carbons (Fsp3) is 0.583. The van der Waals surface area contributed by atoms with E-state index in [2.05, 4.69) is 15.5 Å². The highest BCUT2D eigenvalue weighted by Crippen LogP contribution is 2.24. The third-order valence-electron chi connectivity index (χ3n) is 3.32. The first-order chi connectivity index (χ1) is 8.56. The summed E-state index contributed by atoms with van der Waals surface area (Å²) in [6.07, 6.45) is 1.60. The van der Waals surface area contributed by atoms with Crippen LogP contribution in [0.25, 0.3) is 0 Å². The maximum atomic E-state index is 11.8. The second-order valence-corrected chi connectivity index (χ2v) is 4.68. The molecular formula is C12H18ClN3O2. The van der Waals surface area contributed by atoms with Crippen LogP contribution in [0.1, 0.15) is 37.2 Å². The van der Waals surface area contributed by atoms with Crippen molar-refractivity contribution in [2.45, 2.75) is 26.7 Å². The van der Waals surface area contributed by atoms with Crippen molar-refractivity contribution < 1.29 is 9.90 Å². The zero-order valence-corrected chi connectivity index (χ0v) is 11.4. The van der Waals surface area contributed by atoms with Gasteiger partial charge >= 0.3 is 0 Å². The van der Waals surface area contributed by atoms with Crippen LogP contribution in [0.15, 0.2) is 12.1 Å². The molecule has 1 rings (SSSR count). The minimum atomic E-state index is -0.307. The van der Waals surface area contributed by atoms with E-state index >= 15 is 0 Å². The maximum absolute atomic E-state index is 11.8. The van der Waals surface area contributed by atoms with E-state index in [1.807, 2.05) is 13.8 Å². The number of carbonyl (C=O) groups excluding carboxylic acids is 1. The number of rotatable bonds is 6. The summed E-state index contributed by atoms with van der Waals surface area (Å²) < 4.78 is 0. The third-order valence-corrected chi connectivity index (χ3v) is 3.53. The number of hydrogen-bond acceptors (Lipinski definition) is 4. The Kier molecular flexibility index (Phi) is 5.50. The lowest BCUT2D eigenvalue weighted by molar-refractivity contribution is 0.0846. The van der Waals surface area contributed by atoms with Crippen molar-refractivity contribution in [3.63, 3.8) is 0 Å². The number of nitrogens with zero attached hydrogens (tertiary/aromatic N) is 2. The number of halogens is 1. The molecule has 2 N–H and O–H groups in total. The fourth-order valence-electron chi connectivity index (χ4n) is 1.57. The van der Waals surface area contributed by atoms with E-state index in [4.69, 9.17) is 11.6 Å². The summed E-state index contributed by atoms with van der Waals surface area (Å²) in [5.74, 6) is -0.307. The quantitative estimate of drug-likeness (QED) is 0.825. The summed E-state index contributed by atoms with van der Waals surface area (Å²) in [6.45, 7) is 4.45. The minimum Gasteiger partial charge on any atom is -0.396 e. The molecule has 0 fully saturated rings. The SMILES string of the molecule is CCC(CC)(CO)CNC(=O)c1ccc(Cl)nn1. The van der Waals surface area contributed by atoms with Crippen molar-refractivity contribution in [3.8, 4) is 0 Å². The van der Waals surface area contributed by atoms with Crippen LogP contribution in [-0.4, -0.2) is 34.4 Å². The standard InChI is InChI=1S/C12H18ClN3O2/c1-3-12(4-2,8-17)7-14-11(18)9-5-6-10(13)16-15-9/h5-6,17H,3-4,7-8H2,1-2H3,(H,14,18). The number of aliphatic hydroxyl groups is 1. The first-order valence-electron chi connectivity index (χ1n) is 5.95. The number of aliphatic hydroxyl groups excluding tert-OH is 1. The van der Waals surface area contributed by atoms with E-state index in [0.29, 0.717) is 6.54 Å². The van der Waals surface area contributed by atoms with Crippen molar-refractivity contribution in [1.29, 1.82) is 0 Å². The van der Waals surface area contributed by atoms with Gasteiger partial charge in [0.25, 0.3) is 5.91 Å². The molecule has 0 bridgehead atoms. The molecular weight excluding hydrogens is 254 g/mol. The second kappa shape index (κ2) is 6.66. The zero-order chi connectivity index (χ0) is 13.6. The van der Waals surface area contributed by atoms with E-state index in [1.165, 1.54) is 12.1 Å². The van der Waals surface area contributed by atoms with Gasteiger partial charge in [0.05, 0.1) is 6.61 Å². The molecule has 1 aromatic heterocycles. The molecule has 0 aliphatic carbocycles. The summed E-state index contributed by atoms with van der Waals surface area (Å²) >= 11 is 5.59. The van der Waals surface area contributed by atoms with Gasteiger partial charge in [0, 0.05) is 12.0 Å². The van der Waals surface area contributed by atoms with Gasteiger partial charge in [0.1, 0.15) is 0 Å². The predicted molar refractivity (Wildman–Crippen MR) is 69.5 cm³/mol. The number of amides is 1. The van der Waals surface area contributed by atoms with Gasteiger partial charge in [-0.25, -0.2) is 0 Å². The average molecular weight is 272 g/mol. The lowest BCUT2D eigenvalue weighted by Crippen LogP contribution is -2.39. The second-order valence-electron chi connectivity index (χ2n) is 4.29. The molecule has 0 spiro atoms. The van der Waals surface area contributed by atoms with Crippen LogP contribution in [0.5, 0.6) is 0 Å². The van der Waals surface area contributed by atoms with Gasteiger partial charge in [-0.05, 0) is 25.0 Å². The third kappa shape index (κ3) is 3.65. The Hall–Kier alpha value is -1.20. The van der Waals surface area contributed by atoms with Crippen LogP contribution in [0.4, 0.5) is 0 Å². The largest absolute Gasteiger partial charge is 0.396 e. The molecule has 0 unspecified atom stereocenters. The Morgan fingerprint density at radius 3 is 2.50 bits per heavy atom. The fourth-order valence-corrected chi connectivity index (χ4v) is 1.68. The van der Waals surface area contributed by atoms with Crippen molar-refractivity contribution in [1.82, 2.24) is 15.5 Å². The van der Waals surface area contributed by atoms with Crippen LogP contribution in [0.3, 0.4) is 0 Å². The van der Waals surface area contributed by atoms with Crippen LogP contribution in [0.2, 0.25) is 5.15 Å². The first kappa shape index (κ1) is 14.9. The molecule has 0 aromatic carbocycles. The summed E-state index contributed by atoms with van der Waals surface area (Å²) in [5.41, 5.74) is -0.0476. The monoisotopic (exact) mass is 271 g/mol. The molecule has 6 heteroatoms. The molecule has 0 saturated heterocycles. The summed E-state index contributed by atoms with van der Waals surface area (Å²) in [7, 11) is 0. The van der Waals surface area contributed by atoms with E-state index < -0.39 is 0 Å². The number of carbonyl (C=O) groups is 1. The lowest BCUT2D eigenvalue weighted by atomic mass is 9.83. The lowest BCUT2D eigenvalue weighted by Gasteiger charge is -2.29. The normalized spacial score (nSPS) is 11.3. The molecule has 5 nitrogen and oxygen atoms in total. The summed E-state index contributed by atoms with van der Waals surface area (Å²) in [5, 5.41) is 19.7. The molecule has 18 heavy (non-hydrogen) atoms. The predicted octanol–water partition coefficient (Wildman–Crippen LogP) is 1.66. The van der Waals surface area contributed by atoms with Gasteiger partial charge in [0.2, 0.25) is 0 Å². The molecule has 0 atom stereocenters. The van der Waals surface area contributed by atoms with Crippen molar-refractivity contribution in [3.05, 3.63) is 23.0 Å². The molecule has 0 saturated carbocycles. The van der Waals surface area contributed by atoms with Crippen molar-refractivity contribution >= 4 is 17.5 Å². The topological polar surface area (TPSA) is 75.1 Å². The molecule has 0 aliphatic heterocycles. The van der Waals surface area contributed by atoms with Crippen molar-refractivity contribution in [2.75, 3.05) is 13.2 Å². The Labute approximate surface area is 112 Å². The van der Waals surface area contributed by atoms with Gasteiger partial charge in [-0.2, -0.15) is 0 Å². The average Bonchev–Trinajstić information content (AvgIpc) is 2.41. The van der Waals surface area contributed by atoms with Crippen LogP contribution in [0, 0.1) is 5.41 Å². The maximum Gasteiger partial charge on any atom is 0.271 e. The highest BCUT2D eigenvalue weighted by Gasteiger charge is 2.26. The number of aromatic nitrogens is 2. The van der Waals surface area contributed by atoms with Crippen LogP contribution < -0.4 is 5.32 Å². The Morgan fingerprint density at radius 2 is 2.06 bits per heavy atom. The molecule has 0 aliphatic rings. The smallest absolute Gasteiger partial charge is 0.271 e. The highest BCUT2D eigenvalue weighted by atomic mass is 35.5. The van der Waals surface area contributed by atoms with Gasteiger partial charge in [-0.15, -0.1) is 10.2 Å². The van der Waals surface area contributed by atoms with Gasteiger partial charge in [-0.3, -0.25) is 4.79 Å². The van der Waals surface area contributed by atoms with Gasteiger partial charge < -0.3 is 10.4 Å². The molecule has 1 heterocycles.